The van der Waals surface area contributed by atoms with Crippen LogP contribution in [0.4, 0.5) is 0 Å². The fraction of sp³-hybridized carbons (Fsp3) is 0.545. The number of carbonyl (C=O) groups is 2. The number of hydrogen-bond acceptors (Lipinski definition) is 7. The van der Waals surface area contributed by atoms with Gasteiger partial charge in [-0.2, -0.15) is 0 Å². The minimum Gasteiger partial charge on any atom is -0.466 e. The summed E-state index contributed by atoms with van der Waals surface area (Å²) in [6.45, 7) is 5.27. The molecule has 1 aliphatic heterocycles. The van der Waals surface area contributed by atoms with Gasteiger partial charge in [0, 0.05) is 23.8 Å². The van der Waals surface area contributed by atoms with Crippen molar-refractivity contribution in [3.63, 3.8) is 0 Å². The number of carbonyl (C=O) groups excluding carboxylic acids is 2. The highest BCUT2D eigenvalue weighted by atomic mass is 35.5. The molecular formula is C22H30ClN5O3S. The van der Waals surface area contributed by atoms with Crippen LogP contribution >= 0.6 is 23.4 Å². The molecule has 1 aromatic heterocycles. The second kappa shape index (κ2) is 11.2. The minimum atomic E-state index is -0.247. The lowest BCUT2D eigenvalue weighted by atomic mass is 9.98. The van der Waals surface area contributed by atoms with Crippen molar-refractivity contribution in [3.8, 4) is 5.69 Å². The van der Waals surface area contributed by atoms with E-state index in [2.05, 4.69) is 22.0 Å². The maximum absolute atomic E-state index is 12.9. The van der Waals surface area contributed by atoms with Gasteiger partial charge in [0.15, 0.2) is 11.0 Å². The number of ether oxygens (including phenoxy) is 1. The quantitative estimate of drug-likeness (QED) is 0.423. The minimum absolute atomic E-state index is 0.0168. The van der Waals surface area contributed by atoms with E-state index in [0.717, 1.165) is 24.4 Å². The maximum Gasteiger partial charge on any atom is 0.310 e. The molecule has 2 heterocycles. The van der Waals surface area contributed by atoms with Crippen LogP contribution in [-0.2, 0) is 14.3 Å². The number of piperidine rings is 1. The van der Waals surface area contributed by atoms with Crippen LogP contribution in [0, 0.1) is 5.92 Å². The van der Waals surface area contributed by atoms with E-state index in [1.165, 1.54) is 11.8 Å². The van der Waals surface area contributed by atoms with E-state index in [-0.39, 0.29) is 29.6 Å². The molecule has 2 unspecified atom stereocenters. The molecule has 174 valence electrons. The van der Waals surface area contributed by atoms with Crippen LogP contribution in [0.2, 0.25) is 5.02 Å². The molecule has 2 atom stereocenters. The molecule has 0 N–H and O–H groups in total. The summed E-state index contributed by atoms with van der Waals surface area (Å²) in [6, 6.07) is 7.50. The zero-order valence-electron chi connectivity index (χ0n) is 19.0. The summed E-state index contributed by atoms with van der Waals surface area (Å²) >= 11 is 7.42. The summed E-state index contributed by atoms with van der Waals surface area (Å²) in [7, 11) is 3.97. The maximum atomic E-state index is 12.9. The van der Waals surface area contributed by atoms with E-state index < -0.39 is 0 Å². The Morgan fingerprint density at radius 1 is 1.28 bits per heavy atom. The largest absolute Gasteiger partial charge is 0.466 e. The third kappa shape index (κ3) is 5.82. The molecule has 0 radical (unpaired) electrons. The summed E-state index contributed by atoms with van der Waals surface area (Å²) in [6.07, 6.45) is 1.55. The summed E-state index contributed by atoms with van der Waals surface area (Å²) in [5, 5.41) is 10.1. The van der Waals surface area contributed by atoms with Crippen molar-refractivity contribution in [2.75, 3.05) is 39.5 Å². The van der Waals surface area contributed by atoms with Crippen LogP contribution in [0.1, 0.15) is 38.6 Å². The van der Waals surface area contributed by atoms with Gasteiger partial charge in [-0.05, 0) is 65.0 Å². The van der Waals surface area contributed by atoms with Gasteiger partial charge in [-0.15, -0.1) is 10.2 Å². The van der Waals surface area contributed by atoms with Crippen molar-refractivity contribution in [1.82, 2.24) is 24.6 Å². The first-order chi connectivity index (χ1) is 15.3. The monoisotopic (exact) mass is 479 g/mol. The van der Waals surface area contributed by atoms with E-state index in [1.54, 1.807) is 11.8 Å². The second-order valence-electron chi connectivity index (χ2n) is 8.01. The molecule has 32 heavy (non-hydrogen) atoms. The van der Waals surface area contributed by atoms with Gasteiger partial charge in [0.05, 0.1) is 24.3 Å². The summed E-state index contributed by atoms with van der Waals surface area (Å²) in [5.41, 5.74) is 0.887. The lowest BCUT2D eigenvalue weighted by molar-refractivity contribution is -0.151. The zero-order chi connectivity index (χ0) is 23.3. The molecular weight excluding hydrogens is 450 g/mol. The van der Waals surface area contributed by atoms with E-state index >= 15 is 0 Å². The number of esters is 1. The number of hydrogen-bond donors (Lipinski definition) is 0. The third-order valence-corrected chi connectivity index (χ3v) is 6.78. The normalized spacial score (nSPS) is 17.4. The predicted octanol–water partition coefficient (Wildman–Crippen LogP) is 3.44. The van der Waals surface area contributed by atoms with Crippen molar-refractivity contribution in [2.24, 2.45) is 5.92 Å². The topological polar surface area (TPSA) is 80.6 Å². The van der Waals surface area contributed by atoms with Gasteiger partial charge < -0.3 is 9.64 Å². The molecule has 0 spiro atoms. The SMILES string of the molecule is CCOC(=O)C1CCCN(C(=O)CSc2nnc(C(C)N(C)C)n2-c2ccc(Cl)cc2)C1. The van der Waals surface area contributed by atoms with Crippen molar-refractivity contribution >= 4 is 35.2 Å². The Bertz CT molecular complexity index is 934. The Labute approximate surface area is 198 Å². The Morgan fingerprint density at radius 2 is 2.00 bits per heavy atom. The lowest BCUT2D eigenvalue weighted by Crippen LogP contribution is -2.43. The van der Waals surface area contributed by atoms with Gasteiger partial charge in [-0.3, -0.25) is 19.1 Å². The smallest absolute Gasteiger partial charge is 0.310 e. The van der Waals surface area contributed by atoms with Crippen LogP contribution in [0.5, 0.6) is 0 Å². The van der Waals surface area contributed by atoms with E-state index in [0.29, 0.717) is 29.9 Å². The molecule has 1 aromatic carbocycles. The van der Waals surface area contributed by atoms with Crippen molar-refractivity contribution in [2.45, 2.75) is 37.9 Å². The molecule has 1 aliphatic rings. The average molecular weight is 480 g/mol. The van der Waals surface area contributed by atoms with Crippen LogP contribution in [0.25, 0.3) is 5.69 Å². The summed E-state index contributed by atoms with van der Waals surface area (Å²) in [4.78, 5) is 28.8. The first-order valence-electron chi connectivity index (χ1n) is 10.8. The number of thioether (sulfide) groups is 1. The third-order valence-electron chi connectivity index (χ3n) is 5.61. The number of halogens is 1. The van der Waals surface area contributed by atoms with Gasteiger partial charge in [-0.25, -0.2) is 0 Å². The number of nitrogens with zero attached hydrogens (tertiary/aromatic N) is 5. The van der Waals surface area contributed by atoms with Crippen LogP contribution in [-0.4, -0.2) is 76.0 Å². The van der Waals surface area contributed by atoms with Crippen LogP contribution in [0.15, 0.2) is 29.4 Å². The first-order valence-corrected chi connectivity index (χ1v) is 12.1. The molecule has 8 nitrogen and oxygen atoms in total. The van der Waals surface area contributed by atoms with Gasteiger partial charge in [-0.1, -0.05) is 23.4 Å². The summed E-state index contributed by atoms with van der Waals surface area (Å²) in [5.74, 6) is 0.521. The molecule has 1 saturated heterocycles. The molecule has 10 heteroatoms. The number of benzene rings is 1. The Kier molecular flexibility index (Phi) is 8.56. The fourth-order valence-electron chi connectivity index (χ4n) is 3.58. The van der Waals surface area contributed by atoms with Crippen molar-refractivity contribution in [1.29, 1.82) is 0 Å². The van der Waals surface area contributed by atoms with Gasteiger partial charge in [0.1, 0.15) is 0 Å². The molecule has 1 fully saturated rings. The molecule has 0 saturated carbocycles. The second-order valence-corrected chi connectivity index (χ2v) is 9.39. The average Bonchev–Trinajstić information content (AvgIpc) is 3.21. The van der Waals surface area contributed by atoms with Crippen molar-refractivity contribution < 1.29 is 14.3 Å². The number of aromatic nitrogens is 3. The van der Waals surface area contributed by atoms with E-state index in [4.69, 9.17) is 16.3 Å². The van der Waals surface area contributed by atoms with Crippen LogP contribution < -0.4 is 0 Å². The van der Waals surface area contributed by atoms with E-state index in [1.807, 2.05) is 42.9 Å². The van der Waals surface area contributed by atoms with Gasteiger partial charge in [0.25, 0.3) is 0 Å². The fourth-order valence-corrected chi connectivity index (χ4v) is 4.57. The molecule has 0 bridgehead atoms. The number of likely N-dealkylation sites (tertiary alicyclic amines) is 1. The molecule has 1 amide bonds. The predicted molar refractivity (Wildman–Crippen MR) is 125 cm³/mol. The van der Waals surface area contributed by atoms with Crippen molar-refractivity contribution in [3.05, 3.63) is 35.1 Å². The Morgan fingerprint density at radius 3 is 2.66 bits per heavy atom. The molecule has 3 rings (SSSR count). The molecule has 2 aromatic rings. The van der Waals surface area contributed by atoms with Gasteiger partial charge in [0.2, 0.25) is 5.91 Å². The summed E-state index contributed by atoms with van der Waals surface area (Å²) < 4.78 is 7.11. The lowest BCUT2D eigenvalue weighted by Gasteiger charge is -2.31. The zero-order valence-corrected chi connectivity index (χ0v) is 20.5. The number of amides is 1. The van der Waals surface area contributed by atoms with E-state index in [9.17, 15) is 9.59 Å². The first kappa shape index (κ1) is 24.5. The van der Waals surface area contributed by atoms with Gasteiger partial charge >= 0.3 is 5.97 Å². The highest BCUT2D eigenvalue weighted by Gasteiger charge is 2.30. The molecule has 0 aliphatic carbocycles. The Hall–Kier alpha value is -2.10. The highest BCUT2D eigenvalue weighted by molar-refractivity contribution is 7.99. The highest BCUT2D eigenvalue weighted by Crippen LogP contribution is 2.28. The Balaban J connectivity index is 1.75. The van der Waals surface area contributed by atoms with Crippen LogP contribution in [0.3, 0.4) is 0 Å². The standard InChI is InChI=1S/C22H30ClN5O3S/c1-5-31-21(30)16-7-6-12-27(13-16)19(29)14-32-22-25-24-20(15(2)26(3)4)28(22)18-10-8-17(23)9-11-18/h8-11,15-16H,5-7,12-14H2,1-4H3. The number of rotatable bonds is 8.